The molecule has 3 heteroatoms. The zero-order chi connectivity index (χ0) is 17.0. The predicted octanol–water partition coefficient (Wildman–Crippen LogP) is 5.60. The highest BCUT2D eigenvalue weighted by atomic mass is 35.5. The predicted molar refractivity (Wildman–Crippen MR) is 99.0 cm³/mol. The van der Waals surface area contributed by atoms with E-state index in [9.17, 15) is 4.79 Å². The van der Waals surface area contributed by atoms with Gasteiger partial charge in [0.25, 0.3) is 0 Å². The van der Waals surface area contributed by atoms with Crippen molar-refractivity contribution in [3.05, 3.63) is 70.3 Å². The number of anilines is 1. The average molecular weight is 328 g/mol. The van der Waals surface area contributed by atoms with E-state index in [1.54, 1.807) is 6.07 Å². The third-order valence-corrected chi connectivity index (χ3v) is 4.14. The van der Waals surface area contributed by atoms with Gasteiger partial charge in [0.15, 0.2) is 0 Å². The minimum absolute atomic E-state index is 0.129. The fourth-order valence-electron chi connectivity index (χ4n) is 2.18. The van der Waals surface area contributed by atoms with Crippen molar-refractivity contribution < 1.29 is 4.79 Å². The lowest BCUT2D eigenvalue weighted by atomic mass is 9.87. The van der Waals surface area contributed by atoms with Gasteiger partial charge in [0.05, 0.1) is 0 Å². The SMILES string of the molecule is Cc1c(Cl)cccc1NC(=O)C=Cc1ccc(C(C)(C)C)cc1. The molecule has 0 saturated carbocycles. The van der Waals surface area contributed by atoms with E-state index in [0.717, 1.165) is 16.8 Å². The molecule has 0 unspecified atom stereocenters. The molecule has 2 nitrogen and oxygen atoms in total. The Bertz CT molecular complexity index is 724. The van der Waals surface area contributed by atoms with E-state index >= 15 is 0 Å². The van der Waals surface area contributed by atoms with Gasteiger partial charge in [-0.25, -0.2) is 0 Å². The number of hydrogen-bond acceptors (Lipinski definition) is 1. The van der Waals surface area contributed by atoms with Gasteiger partial charge in [-0.05, 0) is 47.2 Å². The fraction of sp³-hybridized carbons (Fsp3) is 0.250. The molecule has 1 N–H and O–H groups in total. The fourth-order valence-corrected chi connectivity index (χ4v) is 2.36. The quantitative estimate of drug-likeness (QED) is 0.731. The number of rotatable bonds is 3. The molecule has 0 bridgehead atoms. The molecule has 2 aromatic carbocycles. The van der Waals surface area contributed by atoms with Crippen LogP contribution in [0.5, 0.6) is 0 Å². The molecule has 0 fully saturated rings. The van der Waals surface area contributed by atoms with Crippen LogP contribution in [0.3, 0.4) is 0 Å². The molecule has 0 aromatic heterocycles. The van der Waals surface area contributed by atoms with E-state index in [0.29, 0.717) is 5.02 Å². The molecule has 0 aliphatic carbocycles. The molecule has 23 heavy (non-hydrogen) atoms. The number of hydrogen-bond donors (Lipinski definition) is 1. The standard InChI is InChI=1S/C20H22ClNO/c1-14-17(21)6-5-7-18(14)22-19(23)13-10-15-8-11-16(12-9-15)20(2,3)4/h5-13H,1-4H3,(H,22,23). The van der Waals surface area contributed by atoms with Gasteiger partial charge in [0.2, 0.25) is 5.91 Å². The summed E-state index contributed by atoms with van der Waals surface area (Å²) in [5, 5.41) is 3.49. The van der Waals surface area contributed by atoms with E-state index in [1.807, 2.05) is 37.3 Å². The Hall–Kier alpha value is -2.06. The number of carbonyl (C=O) groups excluding carboxylic acids is 1. The number of carbonyl (C=O) groups is 1. The van der Waals surface area contributed by atoms with Crippen LogP contribution in [0.1, 0.15) is 37.5 Å². The van der Waals surface area contributed by atoms with Gasteiger partial charge in [-0.3, -0.25) is 4.79 Å². The molecule has 120 valence electrons. The van der Waals surface area contributed by atoms with Crippen LogP contribution in [0.4, 0.5) is 5.69 Å². The van der Waals surface area contributed by atoms with Gasteiger partial charge in [-0.15, -0.1) is 0 Å². The highest BCUT2D eigenvalue weighted by Crippen LogP contribution is 2.23. The summed E-state index contributed by atoms with van der Waals surface area (Å²) in [6.45, 7) is 8.42. The summed E-state index contributed by atoms with van der Waals surface area (Å²) < 4.78 is 0. The van der Waals surface area contributed by atoms with E-state index in [-0.39, 0.29) is 11.3 Å². The molecule has 0 spiro atoms. The lowest BCUT2D eigenvalue weighted by Gasteiger charge is -2.18. The molecule has 0 atom stereocenters. The second-order valence-corrected chi connectivity index (χ2v) is 7.01. The largest absolute Gasteiger partial charge is 0.322 e. The Morgan fingerprint density at radius 3 is 2.35 bits per heavy atom. The van der Waals surface area contributed by atoms with Crippen molar-refractivity contribution in [2.24, 2.45) is 0 Å². The van der Waals surface area contributed by atoms with E-state index in [2.05, 4.69) is 38.2 Å². The molecule has 0 aliphatic rings. The van der Waals surface area contributed by atoms with Crippen LogP contribution < -0.4 is 5.32 Å². The maximum absolute atomic E-state index is 12.0. The summed E-state index contributed by atoms with van der Waals surface area (Å²) >= 11 is 6.05. The third-order valence-electron chi connectivity index (χ3n) is 3.73. The van der Waals surface area contributed by atoms with Crippen molar-refractivity contribution in [1.82, 2.24) is 0 Å². The maximum Gasteiger partial charge on any atom is 0.248 e. The second kappa shape index (κ2) is 7.01. The van der Waals surface area contributed by atoms with E-state index < -0.39 is 0 Å². The Labute approximate surface area is 143 Å². The summed E-state index contributed by atoms with van der Waals surface area (Å²) in [7, 11) is 0. The van der Waals surface area contributed by atoms with E-state index in [4.69, 9.17) is 11.6 Å². The third kappa shape index (κ3) is 4.70. The summed E-state index contributed by atoms with van der Waals surface area (Å²) in [6, 6.07) is 13.7. The number of amides is 1. The average Bonchev–Trinajstić information content (AvgIpc) is 2.49. The van der Waals surface area contributed by atoms with Gasteiger partial charge >= 0.3 is 0 Å². The Morgan fingerprint density at radius 1 is 1.09 bits per heavy atom. The maximum atomic E-state index is 12.0. The Balaban J connectivity index is 2.05. The molecule has 0 saturated heterocycles. The normalized spacial score (nSPS) is 11.7. The number of halogens is 1. The second-order valence-electron chi connectivity index (χ2n) is 6.61. The summed E-state index contributed by atoms with van der Waals surface area (Å²) in [5.74, 6) is -0.171. The molecule has 2 aromatic rings. The zero-order valence-corrected chi connectivity index (χ0v) is 14.7. The van der Waals surface area contributed by atoms with Crippen LogP contribution in [0.15, 0.2) is 48.5 Å². The number of nitrogens with one attached hydrogen (secondary N) is 1. The van der Waals surface area contributed by atoms with Crippen LogP contribution in [-0.2, 0) is 10.2 Å². The lowest BCUT2D eigenvalue weighted by Crippen LogP contribution is -2.10. The van der Waals surface area contributed by atoms with Crippen molar-refractivity contribution >= 4 is 29.3 Å². The molecule has 1 amide bonds. The van der Waals surface area contributed by atoms with Crippen LogP contribution in [0, 0.1) is 6.92 Å². The summed E-state index contributed by atoms with van der Waals surface area (Å²) in [6.07, 6.45) is 3.34. The van der Waals surface area contributed by atoms with Crippen molar-refractivity contribution in [3.63, 3.8) is 0 Å². The first-order valence-corrected chi connectivity index (χ1v) is 8.00. The minimum Gasteiger partial charge on any atom is -0.322 e. The van der Waals surface area contributed by atoms with Crippen molar-refractivity contribution in [2.45, 2.75) is 33.1 Å². The molecule has 0 heterocycles. The topological polar surface area (TPSA) is 29.1 Å². The molecule has 0 aliphatic heterocycles. The van der Waals surface area contributed by atoms with Crippen LogP contribution >= 0.6 is 11.6 Å². The molecular formula is C20H22ClNO. The first-order valence-electron chi connectivity index (χ1n) is 7.62. The monoisotopic (exact) mass is 327 g/mol. The Kier molecular flexibility index (Phi) is 5.27. The van der Waals surface area contributed by atoms with Gasteiger partial charge in [0.1, 0.15) is 0 Å². The Morgan fingerprint density at radius 2 is 1.74 bits per heavy atom. The first-order chi connectivity index (χ1) is 10.8. The highest BCUT2D eigenvalue weighted by Gasteiger charge is 2.12. The van der Waals surface area contributed by atoms with Gasteiger partial charge < -0.3 is 5.32 Å². The minimum atomic E-state index is -0.171. The molecule has 2 rings (SSSR count). The van der Waals surface area contributed by atoms with Crippen LogP contribution in [0.2, 0.25) is 5.02 Å². The van der Waals surface area contributed by atoms with Crippen molar-refractivity contribution in [2.75, 3.05) is 5.32 Å². The smallest absolute Gasteiger partial charge is 0.248 e. The summed E-state index contributed by atoms with van der Waals surface area (Å²) in [4.78, 5) is 12.0. The van der Waals surface area contributed by atoms with Gasteiger partial charge in [-0.1, -0.05) is 62.7 Å². The highest BCUT2D eigenvalue weighted by molar-refractivity contribution is 6.31. The van der Waals surface area contributed by atoms with Gasteiger partial charge in [-0.2, -0.15) is 0 Å². The molecular weight excluding hydrogens is 306 g/mol. The van der Waals surface area contributed by atoms with Crippen LogP contribution in [-0.4, -0.2) is 5.91 Å². The van der Waals surface area contributed by atoms with E-state index in [1.165, 1.54) is 11.6 Å². The molecule has 0 radical (unpaired) electrons. The van der Waals surface area contributed by atoms with Crippen molar-refractivity contribution in [3.8, 4) is 0 Å². The zero-order valence-electron chi connectivity index (χ0n) is 14.0. The van der Waals surface area contributed by atoms with Crippen LogP contribution in [0.25, 0.3) is 6.08 Å². The summed E-state index contributed by atoms with van der Waals surface area (Å²) in [5.41, 5.74) is 3.99. The number of benzene rings is 2. The van der Waals surface area contributed by atoms with Gasteiger partial charge in [0, 0.05) is 16.8 Å². The van der Waals surface area contributed by atoms with Crippen molar-refractivity contribution in [1.29, 1.82) is 0 Å². The first kappa shape index (κ1) is 17.3. The lowest BCUT2D eigenvalue weighted by molar-refractivity contribution is -0.111.